The Hall–Kier alpha value is -0.820. The Morgan fingerprint density at radius 1 is 1.00 bits per heavy atom. The predicted molar refractivity (Wildman–Crippen MR) is 92.7 cm³/mol. The molecule has 0 aromatic heterocycles. The van der Waals surface area contributed by atoms with E-state index in [1.807, 2.05) is 0 Å². The third-order valence-corrected chi connectivity index (χ3v) is 5.57. The highest BCUT2D eigenvalue weighted by Gasteiger charge is 2.44. The highest BCUT2D eigenvalue weighted by molar-refractivity contribution is 5.29. The normalized spacial score (nSPS) is 19.0. The van der Waals surface area contributed by atoms with Gasteiger partial charge in [-0.25, -0.2) is 0 Å². The van der Waals surface area contributed by atoms with Crippen LogP contribution in [0, 0.1) is 5.92 Å². The van der Waals surface area contributed by atoms with Gasteiger partial charge in [0.05, 0.1) is 0 Å². The highest BCUT2D eigenvalue weighted by Crippen LogP contribution is 2.46. The summed E-state index contributed by atoms with van der Waals surface area (Å²) in [5.41, 5.74) is 1.94. The first-order valence-electron chi connectivity index (χ1n) is 9.07. The first kappa shape index (κ1) is 16.5. The third-order valence-electron chi connectivity index (χ3n) is 5.57. The largest absolute Gasteiger partial charge is 0.313 e. The molecule has 1 atom stereocenters. The fraction of sp³-hybridized carbons (Fsp3) is 0.700. The summed E-state index contributed by atoms with van der Waals surface area (Å²) in [7, 11) is 0. The fourth-order valence-electron chi connectivity index (χ4n) is 4.43. The van der Waals surface area contributed by atoms with Crippen molar-refractivity contribution in [2.45, 2.75) is 77.2 Å². The van der Waals surface area contributed by atoms with Crippen LogP contribution in [0.1, 0.15) is 71.3 Å². The lowest BCUT2D eigenvalue weighted by atomic mass is 9.67. The Bertz CT molecular complexity index is 388. The van der Waals surface area contributed by atoms with E-state index in [2.05, 4.69) is 56.4 Å². The van der Waals surface area contributed by atoms with Gasteiger partial charge in [0.15, 0.2) is 0 Å². The van der Waals surface area contributed by atoms with Gasteiger partial charge in [-0.1, -0.05) is 76.8 Å². The van der Waals surface area contributed by atoms with Gasteiger partial charge in [-0.3, -0.25) is 0 Å². The van der Waals surface area contributed by atoms with Crippen LogP contribution >= 0.6 is 0 Å². The van der Waals surface area contributed by atoms with Gasteiger partial charge in [0.1, 0.15) is 0 Å². The maximum Gasteiger partial charge on any atom is 0.0192 e. The SMILES string of the molecule is CCCNC(C(CC)CC)C1(c2ccccc2)CCCC1. The summed E-state index contributed by atoms with van der Waals surface area (Å²) < 4.78 is 0. The Labute approximate surface area is 131 Å². The Balaban J connectivity index is 2.36. The minimum Gasteiger partial charge on any atom is -0.313 e. The van der Waals surface area contributed by atoms with Crippen molar-refractivity contribution >= 4 is 0 Å². The molecule has 0 aliphatic heterocycles. The van der Waals surface area contributed by atoms with E-state index in [0.717, 1.165) is 12.5 Å². The van der Waals surface area contributed by atoms with E-state index in [9.17, 15) is 0 Å². The van der Waals surface area contributed by atoms with Gasteiger partial charge in [0, 0.05) is 11.5 Å². The third kappa shape index (κ3) is 3.51. The second kappa shape index (κ2) is 7.98. The van der Waals surface area contributed by atoms with E-state index in [-0.39, 0.29) is 0 Å². The molecule has 1 aromatic rings. The molecule has 1 saturated carbocycles. The van der Waals surface area contributed by atoms with Crippen LogP contribution in [-0.2, 0) is 5.41 Å². The van der Waals surface area contributed by atoms with Gasteiger partial charge in [-0.15, -0.1) is 0 Å². The summed E-state index contributed by atoms with van der Waals surface area (Å²) in [5.74, 6) is 0.787. The smallest absolute Gasteiger partial charge is 0.0192 e. The van der Waals surface area contributed by atoms with Crippen LogP contribution in [0.3, 0.4) is 0 Å². The molecular formula is C20H33N. The lowest BCUT2D eigenvalue weighted by molar-refractivity contribution is 0.206. The van der Waals surface area contributed by atoms with Crippen molar-refractivity contribution in [3.63, 3.8) is 0 Å². The molecule has 1 unspecified atom stereocenters. The van der Waals surface area contributed by atoms with Gasteiger partial charge in [0.2, 0.25) is 0 Å². The summed E-state index contributed by atoms with van der Waals surface area (Å²) in [6.45, 7) is 8.15. The van der Waals surface area contributed by atoms with Crippen molar-refractivity contribution in [1.29, 1.82) is 0 Å². The van der Waals surface area contributed by atoms with Crippen LogP contribution in [0.5, 0.6) is 0 Å². The Kier molecular flexibility index (Phi) is 6.29. The average molecular weight is 287 g/mol. The van der Waals surface area contributed by atoms with E-state index in [1.54, 1.807) is 5.56 Å². The summed E-state index contributed by atoms with van der Waals surface area (Å²) in [4.78, 5) is 0. The molecule has 1 aromatic carbocycles. The van der Waals surface area contributed by atoms with E-state index >= 15 is 0 Å². The zero-order chi connectivity index (χ0) is 15.1. The number of benzene rings is 1. The predicted octanol–water partition coefficient (Wildman–Crippen LogP) is 5.30. The molecule has 1 N–H and O–H groups in total. The van der Waals surface area contributed by atoms with Crippen molar-refractivity contribution in [2.75, 3.05) is 6.54 Å². The van der Waals surface area contributed by atoms with E-state index in [1.165, 1.54) is 44.9 Å². The molecule has 1 fully saturated rings. The maximum atomic E-state index is 3.95. The molecule has 1 aliphatic rings. The first-order valence-corrected chi connectivity index (χ1v) is 9.07. The topological polar surface area (TPSA) is 12.0 Å². The van der Waals surface area contributed by atoms with Gasteiger partial charge in [-0.2, -0.15) is 0 Å². The quantitative estimate of drug-likeness (QED) is 0.684. The van der Waals surface area contributed by atoms with Crippen LogP contribution in [0.15, 0.2) is 30.3 Å². The van der Waals surface area contributed by atoms with Crippen LogP contribution in [-0.4, -0.2) is 12.6 Å². The van der Waals surface area contributed by atoms with Crippen LogP contribution in [0.4, 0.5) is 0 Å². The standard InChI is InChI=1S/C20H33N/c1-4-16-21-19(17(5-2)6-3)20(14-10-11-15-20)18-12-8-7-9-13-18/h7-9,12-13,17,19,21H,4-6,10-11,14-16H2,1-3H3. The van der Waals surface area contributed by atoms with E-state index < -0.39 is 0 Å². The van der Waals surface area contributed by atoms with Gasteiger partial charge in [-0.05, 0) is 37.3 Å². The summed E-state index contributed by atoms with van der Waals surface area (Å²) in [5, 5.41) is 3.95. The minimum absolute atomic E-state index is 0.368. The summed E-state index contributed by atoms with van der Waals surface area (Å²) >= 11 is 0. The fourth-order valence-corrected chi connectivity index (χ4v) is 4.43. The molecule has 0 amide bonds. The van der Waals surface area contributed by atoms with Crippen LogP contribution in [0.2, 0.25) is 0 Å². The molecule has 0 heterocycles. The molecular weight excluding hydrogens is 254 g/mol. The zero-order valence-electron chi connectivity index (χ0n) is 14.2. The highest BCUT2D eigenvalue weighted by atomic mass is 14.9. The van der Waals surface area contributed by atoms with E-state index in [4.69, 9.17) is 0 Å². The Morgan fingerprint density at radius 3 is 2.14 bits per heavy atom. The van der Waals surface area contributed by atoms with Crippen molar-refractivity contribution in [3.8, 4) is 0 Å². The molecule has 21 heavy (non-hydrogen) atoms. The lowest BCUT2D eigenvalue weighted by Crippen LogP contribution is -2.51. The first-order chi connectivity index (χ1) is 10.3. The molecule has 1 heteroatoms. The molecule has 1 nitrogen and oxygen atoms in total. The minimum atomic E-state index is 0.368. The molecule has 1 aliphatic carbocycles. The average Bonchev–Trinajstić information content (AvgIpc) is 3.03. The summed E-state index contributed by atoms with van der Waals surface area (Å²) in [6, 6.07) is 12.0. The number of hydrogen-bond acceptors (Lipinski definition) is 1. The van der Waals surface area contributed by atoms with Crippen molar-refractivity contribution in [1.82, 2.24) is 5.32 Å². The van der Waals surface area contributed by atoms with Crippen molar-refractivity contribution in [2.24, 2.45) is 5.92 Å². The van der Waals surface area contributed by atoms with Crippen LogP contribution in [0.25, 0.3) is 0 Å². The number of nitrogens with one attached hydrogen (secondary N) is 1. The Morgan fingerprint density at radius 2 is 1.62 bits per heavy atom. The second-order valence-corrected chi connectivity index (χ2v) is 6.74. The van der Waals surface area contributed by atoms with Crippen molar-refractivity contribution in [3.05, 3.63) is 35.9 Å². The van der Waals surface area contributed by atoms with Gasteiger partial charge < -0.3 is 5.32 Å². The van der Waals surface area contributed by atoms with Crippen LogP contribution < -0.4 is 5.32 Å². The van der Waals surface area contributed by atoms with Gasteiger partial charge in [0.25, 0.3) is 0 Å². The molecule has 0 spiro atoms. The van der Waals surface area contributed by atoms with Crippen molar-refractivity contribution < 1.29 is 0 Å². The zero-order valence-corrected chi connectivity index (χ0v) is 14.2. The summed E-state index contributed by atoms with van der Waals surface area (Å²) in [6.07, 6.45) is 9.28. The molecule has 118 valence electrons. The number of rotatable bonds is 8. The van der Waals surface area contributed by atoms with E-state index in [0.29, 0.717) is 11.5 Å². The lowest BCUT2D eigenvalue weighted by Gasteiger charge is -2.43. The molecule has 0 saturated heterocycles. The van der Waals surface area contributed by atoms with Gasteiger partial charge >= 0.3 is 0 Å². The molecule has 2 rings (SSSR count). The second-order valence-electron chi connectivity index (χ2n) is 6.74. The monoisotopic (exact) mass is 287 g/mol. The maximum absolute atomic E-state index is 3.95. The number of hydrogen-bond donors (Lipinski definition) is 1. The molecule has 0 bridgehead atoms. The molecule has 0 radical (unpaired) electrons.